The van der Waals surface area contributed by atoms with E-state index < -0.39 is 49.5 Å². The molecule has 1 aliphatic heterocycles. The number of hydrogen-bond acceptors (Lipinski definition) is 10. The molecule has 7 unspecified atom stereocenters. The molecule has 0 aromatic rings. The Balaban J connectivity index is 2.06. The molecule has 1 rings (SSSR count). The fourth-order valence-corrected chi connectivity index (χ4v) is 8.87. The first kappa shape index (κ1) is 67.4. The van der Waals surface area contributed by atoms with Crippen molar-refractivity contribution in [1.29, 1.82) is 0 Å². The van der Waals surface area contributed by atoms with Gasteiger partial charge < -0.3 is 45.1 Å². The van der Waals surface area contributed by atoms with Crippen LogP contribution in [0.1, 0.15) is 251 Å². The van der Waals surface area contributed by atoms with Gasteiger partial charge >= 0.3 is 5.97 Å². The molecular weight excluding hydrogens is 907 g/mol. The van der Waals surface area contributed by atoms with Crippen molar-refractivity contribution in [1.82, 2.24) is 5.32 Å². The lowest BCUT2D eigenvalue weighted by Gasteiger charge is -2.40. The highest BCUT2D eigenvalue weighted by Crippen LogP contribution is 2.23. The Morgan fingerprint density at radius 3 is 1.50 bits per heavy atom. The summed E-state index contributed by atoms with van der Waals surface area (Å²) < 4.78 is 16.6. The number of ether oxygens (including phenoxy) is 3. The normalized spacial score (nSPS) is 19.5. The van der Waals surface area contributed by atoms with Crippen LogP contribution in [0.15, 0.2) is 60.8 Å². The number of allylic oxidation sites excluding steroid dienone is 9. The number of nitrogens with one attached hydrogen (secondary N) is 1. The van der Waals surface area contributed by atoms with Crippen LogP contribution in [0.25, 0.3) is 0 Å². The Bertz CT molecular complexity index is 1380. The van der Waals surface area contributed by atoms with Gasteiger partial charge in [-0.1, -0.05) is 203 Å². The SMILES string of the molecule is CCCCCC/C=C\C/C=C\CCCCCCCC(=O)OCCCCC/C=C\C=C/CCCCCCCCCCCCC(=O)NC(COC1OC(CO)C(O)C(O)C1O)C(O)/C=C/CCCCCCCCC. The van der Waals surface area contributed by atoms with E-state index in [1.54, 1.807) is 6.08 Å². The second kappa shape index (κ2) is 50.5. The molecule has 11 heteroatoms. The molecule has 6 N–H and O–H groups in total. The Morgan fingerprint density at radius 2 is 0.972 bits per heavy atom. The molecule has 0 aromatic heterocycles. The monoisotopic (exact) mass is 1020 g/mol. The Hall–Kier alpha value is -2.64. The molecule has 0 radical (unpaired) electrons. The molecule has 11 nitrogen and oxygen atoms in total. The molecular formula is C61H109NO10. The zero-order valence-corrected chi connectivity index (χ0v) is 45.9. The summed E-state index contributed by atoms with van der Waals surface area (Å²) in [5.41, 5.74) is 0. The number of aliphatic hydroxyl groups is 5. The van der Waals surface area contributed by atoms with Crippen LogP contribution in [0, 0.1) is 0 Å². The number of amides is 1. The molecule has 0 saturated carbocycles. The van der Waals surface area contributed by atoms with E-state index in [4.69, 9.17) is 14.2 Å². The van der Waals surface area contributed by atoms with Gasteiger partial charge in [-0.3, -0.25) is 9.59 Å². The van der Waals surface area contributed by atoms with Crippen molar-refractivity contribution in [3.8, 4) is 0 Å². The summed E-state index contributed by atoms with van der Waals surface area (Å²) in [4.78, 5) is 25.0. The van der Waals surface area contributed by atoms with Crippen LogP contribution >= 0.6 is 0 Å². The average Bonchev–Trinajstić information content (AvgIpc) is 3.38. The summed E-state index contributed by atoms with van der Waals surface area (Å²) >= 11 is 0. The lowest BCUT2D eigenvalue weighted by atomic mass is 9.99. The number of unbranched alkanes of at least 4 members (excludes halogenated alkanes) is 29. The van der Waals surface area contributed by atoms with Crippen LogP contribution in [0.4, 0.5) is 0 Å². The Labute approximate surface area is 439 Å². The minimum Gasteiger partial charge on any atom is -0.466 e. The van der Waals surface area contributed by atoms with Crippen molar-refractivity contribution in [2.24, 2.45) is 0 Å². The van der Waals surface area contributed by atoms with Crippen LogP contribution in [-0.4, -0.2) is 100 Å². The van der Waals surface area contributed by atoms with E-state index in [0.717, 1.165) is 103 Å². The quantitative estimate of drug-likeness (QED) is 0.0149. The third-order valence-electron chi connectivity index (χ3n) is 13.6. The molecule has 7 atom stereocenters. The largest absolute Gasteiger partial charge is 0.466 e. The molecule has 1 heterocycles. The van der Waals surface area contributed by atoms with Crippen molar-refractivity contribution in [2.45, 2.75) is 294 Å². The molecule has 1 aliphatic rings. The molecule has 0 bridgehead atoms. The van der Waals surface area contributed by atoms with Gasteiger partial charge in [0.2, 0.25) is 5.91 Å². The second-order valence-corrected chi connectivity index (χ2v) is 20.4. The highest BCUT2D eigenvalue weighted by molar-refractivity contribution is 5.76. The predicted octanol–water partition coefficient (Wildman–Crippen LogP) is 13.4. The van der Waals surface area contributed by atoms with Crippen molar-refractivity contribution >= 4 is 11.9 Å². The lowest BCUT2D eigenvalue weighted by molar-refractivity contribution is -0.302. The number of rotatable bonds is 50. The van der Waals surface area contributed by atoms with Gasteiger partial charge in [0.05, 0.1) is 32.0 Å². The number of carbonyl (C=O) groups is 2. The molecule has 0 spiro atoms. The van der Waals surface area contributed by atoms with E-state index in [2.05, 4.69) is 67.8 Å². The maximum atomic E-state index is 13.0. The Kier molecular flexibility index (Phi) is 47.3. The van der Waals surface area contributed by atoms with Gasteiger partial charge in [-0.2, -0.15) is 0 Å². The molecule has 1 fully saturated rings. The third-order valence-corrected chi connectivity index (χ3v) is 13.6. The summed E-state index contributed by atoms with van der Waals surface area (Å²) in [6, 6.07) is -0.818. The molecule has 1 saturated heterocycles. The van der Waals surface area contributed by atoms with E-state index in [-0.39, 0.29) is 18.5 Å². The van der Waals surface area contributed by atoms with E-state index in [1.807, 2.05) is 6.08 Å². The van der Waals surface area contributed by atoms with E-state index in [9.17, 15) is 35.1 Å². The van der Waals surface area contributed by atoms with Crippen molar-refractivity contribution in [2.75, 3.05) is 19.8 Å². The van der Waals surface area contributed by atoms with Gasteiger partial charge in [-0.15, -0.1) is 0 Å². The summed E-state index contributed by atoms with van der Waals surface area (Å²) in [5, 5.41) is 54.2. The van der Waals surface area contributed by atoms with Gasteiger partial charge in [0.1, 0.15) is 24.4 Å². The average molecular weight is 1020 g/mol. The first-order valence-electron chi connectivity index (χ1n) is 29.6. The summed E-state index contributed by atoms with van der Waals surface area (Å²) in [6.07, 6.45) is 54.6. The van der Waals surface area contributed by atoms with E-state index >= 15 is 0 Å². The highest BCUT2D eigenvalue weighted by Gasteiger charge is 2.44. The smallest absolute Gasteiger partial charge is 0.305 e. The summed E-state index contributed by atoms with van der Waals surface area (Å²) in [6.45, 7) is 4.23. The zero-order chi connectivity index (χ0) is 52.4. The van der Waals surface area contributed by atoms with E-state index in [0.29, 0.717) is 19.4 Å². The fraction of sp³-hybridized carbons (Fsp3) is 0.803. The topological polar surface area (TPSA) is 175 Å². The number of hydrogen-bond donors (Lipinski definition) is 6. The summed E-state index contributed by atoms with van der Waals surface area (Å²) in [5.74, 6) is -0.238. The van der Waals surface area contributed by atoms with Crippen LogP contribution in [0.2, 0.25) is 0 Å². The highest BCUT2D eigenvalue weighted by atomic mass is 16.7. The fourth-order valence-electron chi connectivity index (χ4n) is 8.87. The van der Waals surface area contributed by atoms with Crippen LogP contribution < -0.4 is 5.32 Å². The number of aliphatic hydroxyl groups excluding tert-OH is 5. The van der Waals surface area contributed by atoms with Crippen LogP contribution in [-0.2, 0) is 23.8 Å². The second-order valence-electron chi connectivity index (χ2n) is 20.4. The minimum absolute atomic E-state index is 0.0426. The minimum atomic E-state index is -1.58. The van der Waals surface area contributed by atoms with Gasteiger partial charge in [0, 0.05) is 12.8 Å². The Morgan fingerprint density at radius 1 is 0.528 bits per heavy atom. The first-order chi connectivity index (χ1) is 35.2. The van der Waals surface area contributed by atoms with E-state index in [1.165, 1.54) is 122 Å². The van der Waals surface area contributed by atoms with Crippen molar-refractivity contribution in [3.63, 3.8) is 0 Å². The first-order valence-corrected chi connectivity index (χ1v) is 29.6. The molecule has 418 valence electrons. The molecule has 1 amide bonds. The van der Waals surface area contributed by atoms with Crippen LogP contribution in [0.3, 0.4) is 0 Å². The van der Waals surface area contributed by atoms with Gasteiger partial charge in [0.25, 0.3) is 0 Å². The maximum Gasteiger partial charge on any atom is 0.305 e. The van der Waals surface area contributed by atoms with Gasteiger partial charge in [-0.25, -0.2) is 0 Å². The van der Waals surface area contributed by atoms with Crippen molar-refractivity contribution in [3.05, 3.63) is 60.8 Å². The van der Waals surface area contributed by atoms with Crippen LogP contribution in [0.5, 0.6) is 0 Å². The van der Waals surface area contributed by atoms with Gasteiger partial charge in [-0.05, 0) is 96.3 Å². The lowest BCUT2D eigenvalue weighted by Crippen LogP contribution is -2.60. The van der Waals surface area contributed by atoms with Gasteiger partial charge in [0.15, 0.2) is 6.29 Å². The summed E-state index contributed by atoms with van der Waals surface area (Å²) in [7, 11) is 0. The molecule has 72 heavy (non-hydrogen) atoms. The molecule has 0 aliphatic carbocycles. The third kappa shape index (κ3) is 39.8. The number of carbonyl (C=O) groups excluding carboxylic acids is 2. The number of esters is 1. The molecule has 0 aromatic carbocycles. The standard InChI is InChI=1S/C61H109NO10/c1-3-5-7-9-11-13-14-15-16-23-26-29-33-37-41-45-49-57(66)70-50-46-42-38-34-30-27-24-21-19-17-18-20-22-25-28-32-36-40-44-48-56(65)62-53(54(64)47-43-39-35-31-12-10-8-6-4-2)52-71-61-60(69)59(68)58(67)55(51-63)72-61/h13-14,16,21,23-24,27,30,43,47,53-55,58-61,63-64,67-69H,3-12,15,17-20,22,25-26,28-29,31-42,44-46,48-52H2,1-2H3,(H,62,65)/b14-13-,23-16-,24-21-,30-27-,47-43+. The maximum absolute atomic E-state index is 13.0. The van der Waals surface area contributed by atoms with Crippen molar-refractivity contribution < 1.29 is 49.3 Å². The predicted molar refractivity (Wildman–Crippen MR) is 296 cm³/mol. The zero-order valence-electron chi connectivity index (χ0n) is 45.9.